The van der Waals surface area contributed by atoms with Gasteiger partial charge in [-0.2, -0.15) is 0 Å². The highest BCUT2D eigenvalue weighted by Crippen LogP contribution is 2.32. The van der Waals surface area contributed by atoms with Crippen molar-refractivity contribution in [2.75, 3.05) is 19.0 Å². The standard InChI is InChI=1S/C25H20N2O10/c1-3-36-25(32)18-9-8-17(13-19(18)23(29)30)37-21-10-7-15(24(31)35-2)12-20(21)26-22(28)14-5-4-6-16(11-14)27(33)34/h4-13H,3H2,1-2H3,(H,26,28)(H,29,30). The van der Waals surface area contributed by atoms with Crippen molar-refractivity contribution in [2.45, 2.75) is 6.92 Å². The number of amides is 1. The van der Waals surface area contributed by atoms with Crippen LogP contribution in [0.15, 0.2) is 60.7 Å². The van der Waals surface area contributed by atoms with Crippen molar-refractivity contribution in [3.8, 4) is 11.5 Å². The third-order valence-corrected chi connectivity index (χ3v) is 4.91. The van der Waals surface area contributed by atoms with Crippen LogP contribution in [0.1, 0.15) is 48.4 Å². The molecule has 0 aliphatic rings. The van der Waals surface area contributed by atoms with Crippen LogP contribution in [0.4, 0.5) is 11.4 Å². The largest absolute Gasteiger partial charge is 0.478 e. The molecule has 3 rings (SSSR count). The van der Waals surface area contributed by atoms with Crippen molar-refractivity contribution in [1.29, 1.82) is 0 Å². The van der Waals surface area contributed by atoms with Gasteiger partial charge in [-0.05, 0) is 49.4 Å². The molecule has 37 heavy (non-hydrogen) atoms. The third-order valence-electron chi connectivity index (χ3n) is 4.91. The summed E-state index contributed by atoms with van der Waals surface area (Å²) in [7, 11) is 1.17. The lowest BCUT2D eigenvalue weighted by Crippen LogP contribution is -2.14. The number of carboxylic acids is 1. The number of aromatic carboxylic acids is 1. The summed E-state index contributed by atoms with van der Waals surface area (Å²) in [6.07, 6.45) is 0. The number of nitrogens with zero attached hydrogens (tertiary/aromatic N) is 1. The molecule has 3 aromatic carbocycles. The summed E-state index contributed by atoms with van der Waals surface area (Å²) in [5, 5.41) is 23.1. The van der Waals surface area contributed by atoms with E-state index in [0.717, 1.165) is 12.1 Å². The monoisotopic (exact) mass is 508 g/mol. The van der Waals surface area contributed by atoms with Gasteiger partial charge in [-0.3, -0.25) is 14.9 Å². The fraction of sp³-hybridized carbons (Fsp3) is 0.120. The molecule has 0 aliphatic carbocycles. The summed E-state index contributed by atoms with van der Waals surface area (Å²) in [6, 6.07) is 12.6. The summed E-state index contributed by atoms with van der Waals surface area (Å²) < 4.78 is 15.3. The van der Waals surface area contributed by atoms with E-state index in [1.165, 1.54) is 55.6 Å². The first-order valence-electron chi connectivity index (χ1n) is 10.6. The fourth-order valence-electron chi connectivity index (χ4n) is 3.19. The van der Waals surface area contributed by atoms with Crippen LogP contribution < -0.4 is 10.1 Å². The second-order valence-electron chi connectivity index (χ2n) is 7.30. The van der Waals surface area contributed by atoms with Crippen LogP contribution in [-0.2, 0) is 9.47 Å². The first-order valence-corrected chi connectivity index (χ1v) is 10.6. The van der Waals surface area contributed by atoms with Crippen LogP contribution in [0.5, 0.6) is 11.5 Å². The van der Waals surface area contributed by atoms with E-state index in [9.17, 15) is 34.4 Å². The van der Waals surface area contributed by atoms with Gasteiger partial charge < -0.3 is 24.6 Å². The van der Waals surface area contributed by atoms with Gasteiger partial charge in [0.2, 0.25) is 0 Å². The van der Waals surface area contributed by atoms with Crippen molar-refractivity contribution in [3.05, 3.63) is 93.0 Å². The van der Waals surface area contributed by atoms with Crippen LogP contribution in [0.3, 0.4) is 0 Å². The first kappa shape index (κ1) is 26.3. The van der Waals surface area contributed by atoms with Gasteiger partial charge in [-0.15, -0.1) is 0 Å². The Morgan fingerprint density at radius 3 is 2.35 bits per heavy atom. The molecule has 12 heteroatoms. The van der Waals surface area contributed by atoms with E-state index in [-0.39, 0.29) is 51.7 Å². The van der Waals surface area contributed by atoms with Gasteiger partial charge >= 0.3 is 17.9 Å². The minimum Gasteiger partial charge on any atom is -0.478 e. The van der Waals surface area contributed by atoms with Gasteiger partial charge in [0.05, 0.1) is 41.0 Å². The lowest BCUT2D eigenvalue weighted by molar-refractivity contribution is -0.384. The molecule has 0 saturated heterocycles. The molecular formula is C25H20N2O10. The number of hydrogen-bond acceptors (Lipinski definition) is 9. The van der Waals surface area contributed by atoms with Crippen LogP contribution in [0, 0.1) is 10.1 Å². The molecule has 0 atom stereocenters. The van der Waals surface area contributed by atoms with Crippen molar-refractivity contribution < 1.29 is 43.4 Å². The van der Waals surface area contributed by atoms with Gasteiger partial charge in [-0.25, -0.2) is 14.4 Å². The molecule has 0 radical (unpaired) electrons. The van der Waals surface area contributed by atoms with Gasteiger partial charge in [0.15, 0.2) is 5.75 Å². The Balaban J connectivity index is 1.99. The Kier molecular flexibility index (Phi) is 8.15. The predicted octanol–water partition coefficient (Wildman–Crippen LogP) is 4.30. The Labute approximate surface area is 209 Å². The van der Waals surface area contributed by atoms with Crippen LogP contribution in [0.25, 0.3) is 0 Å². The minimum atomic E-state index is -1.39. The number of rotatable bonds is 9. The number of nitro benzene ring substituents is 1. The normalized spacial score (nSPS) is 10.2. The lowest BCUT2D eigenvalue weighted by Gasteiger charge is -2.15. The predicted molar refractivity (Wildman–Crippen MR) is 128 cm³/mol. The molecule has 0 saturated carbocycles. The molecule has 0 aliphatic heterocycles. The number of anilines is 1. The number of methoxy groups -OCH3 is 1. The molecule has 12 nitrogen and oxygen atoms in total. The van der Waals surface area contributed by atoms with Crippen LogP contribution in [0.2, 0.25) is 0 Å². The average Bonchev–Trinajstić information content (AvgIpc) is 2.89. The van der Waals surface area contributed by atoms with Gasteiger partial charge in [0, 0.05) is 17.7 Å². The SMILES string of the molecule is CCOC(=O)c1ccc(Oc2ccc(C(=O)OC)cc2NC(=O)c2cccc([N+](=O)[O-])c2)cc1C(=O)O. The zero-order valence-electron chi connectivity index (χ0n) is 19.5. The van der Waals surface area contributed by atoms with E-state index in [4.69, 9.17) is 14.2 Å². The molecular weight excluding hydrogens is 488 g/mol. The highest BCUT2D eigenvalue weighted by atomic mass is 16.6. The highest BCUT2D eigenvalue weighted by Gasteiger charge is 2.21. The number of ether oxygens (including phenoxy) is 3. The van der Waals surface area contributed by atoms with Crippen LogP contribution in [-0.4, -0.2) is 47.6 Å². The number of nitrogens with one attached hydrogen (secondary N) is 1. The molecule has 190 valence electrons. The zero-order valence-corrected chi connectivity index (χ0v) is 19.5. The maximum absolute atomic E-state index is 12.8. The van der Waals surface area contributed by atoms with Crippen LogP contribution >= 0.6 is 0 Å². The summed E-state index contributed by atoms with van der Waals surface area (Å²) >= 11 is 0. The van der Waals surface area contributed by atoms with E-state index in [1.54, 1.807) is 6.92 Å². The number of carboxylic acid groups (broad SMARTS) is 1. The van der Waals surface area contributed by atoms with E-state index in [2.05, 4.69) is 5.32 Å². The maximum Gasteiger partial charge on any atom is 0.339 e. The number of non-ortho nitro benzene ring substituents is 1. The Morgan fingerprint density at radius 1 is 0.946 bits per heavy atom. The van der Waals surface area contributed by atoms with E-state index in [1.807, 2.05) is 0 Å². The summed E-state index contributed by atoms with van der Waals surface area (Å²) in [5.74, 6) is -3.65. The van der Waals surface area contributed by atoms with Crippen molar-refractivity contribution in [1.82, 2.24) is 0 Å². The van der Waals surface area contributed by atoms with E-state index < -0.39 is 28.7 Å². The number of carbonyl (C=O) groups is 4. The second-order valence-corrected chi connectivity index (χ2v) is 7.30. The summed E-state index contributed by atoms with van der Waals surface area (Å²) in [4.78, 5) is 59.1. The molecule has 3 aromatic rings. The molecule has 0 fully saturated rings. The quantitative estimate of drug-likeness (QED) is 0.241. The number of hydrogen-bond donors (Lipinski definition) is 2. The molecule has 0 aromatic heterocycles. The minimum absolute atomic E-state index is 0.00196. The van der Waals surface area contributed by atoms with Gasteiger partial charge in [-0.1, -0.05) is 6.07 Å². The number of nitro groups is 1. The Hall–Kier alpha value is -5.26. The van der Waals surface area contributed by atoms with Crippen molar-refractivity contribution in [3.63, 3.8) is 0 Å². The lowest BCUT2D eigenvalue weighted by atomic mass is 10.1. The highest BCUT2D eigenvalue weighted by molar-refractivity contribution is 6.06. The van der Waals surface area contributed by atoms with Crippen molar-refractivity contribution in [2.24, 2.45) is 0 Å². The molecule has 2 N–H and O–H groups in total. The van der Waals surface area contributed by atoms with Crippen molar-refractivity contribution >= 4 is 35.2 Å². The second kappa shape index (κ2) is 11.4. The first-order chi connectivity index (χ1) is 17.6. The average molecular weight is 508 g/mol. The molecule has 0 heterocycles. The summed E-state index contributed by atoms with van der Waals surface area (Å²) in [6.45, 7) is 1.63. The van der Waals surface area contributed by atoms with E-state index >= 15 is 0 Å². The fourth-order valence-corrected chi connectivity index (χ4v) is 3.19. The maximum atomic E-state index is 12.8. The van der Waals surface area contributed by atoms with E-state index in [0.29, 0.717) is 0 Å². The molecule has 0 spiro atoms. The number of carbonyl (C=O) groups excluding carboxylic acids is 3. The van der Waals surface area contributed by atoms with Gasteiger partial charge in [0.25, 0.3) is 11.6 Å². The Morgan fingerprint density at radius 2 is 1.70 bits per heavy atom. The topological polar surface area (TPSA) is 171 Å². The molecule has 1 amide bonds. The molecule has 0 bridgehead atoms. The third kappa shape index (κ3) is 6.25. The Bertz CT molecular complexity index is 1400. The number of benzene rings is 3. The van der Waals surface area contributed by atoms with Gasteiger partial charge in [0.1, 0.15) is 5.75 Å². The zero-order chi connectivity index (χ0) is 27.1. The number of esters is 2. The smallest absolute Gasteiger partial charge is 0.339 e. The summed E-state index contributed by atoms with van der Waals surface area (Å²) in [5.41, 5.74) is -0.823. The molecule has 0 unspecified atom stereocenters.